The lowest BCUT2D eigenvalue weighted by Crippen LogP contribution is -2.30. The van der Waals surface area contributed by atoms with Crippen molar-refractivity contribution in [1.82, 2.24) is 15.2 Å². The minimum Gasteiger partial charge on any atom is -0.329 e. The number of hydrogen-bond acceptors (Lipinski definition) is 5. The number of urea groups is 1. The van der Waals surface area contributed by atoms with E-state index in [0.29, 0.717) is 12.1 Å². The van der Waals surface area contributed by atoms with Crippen LogP contribution in [0.5, 0.6) is 0 Å². The number of hydrogen-bond donors (Lipinski definition) is 2. The van der Waals surface area contributed by atoms with Crippen molar-refractivity contribution in [3.8, 4) is 0 Å². The second-order valence-corrected chi connectivity index (χ2v) is 9.07. The van der Waals surface area contributed by atoms with Crippen molar-refractivity contribution in [1.29, 1.82) is 0 Å². The Hall–Kier alpha value is -3.52. The zero-order chi connectivity index (χ0) is 22.1. The van der Waals surface area contributed by atoms with Crippen LogP contribution in [0.1, 0.15) is 29.3 Å². The fraction of sp³-hybridized carbons (Fsp3) is 0.250. The normalized spacial score (nSPS) is 20.6. The first-order valence-corrected chi connectivity index (χ1v) is 11.4. The number of carbonyl (C=O) groups excluding carboxylic acids is 3. The smallest absolute Gasteiger partial charge is 0.324 e. The summed E-state index contributed by atoms with van der Waals surface area (Å²) in [5.74, 6) is -0.482. The van der Waals surface area contributed by atoms with E-state index in [0.717, 1.165) is 27.2 Å². The van der Waals surface area contributed by atoms with Gasteiger partial charge < -0.3 is 10.6 Å². The Morgan fingerprint density at radius 3 is 2.78 bits per heavy atom. The summed E-state index contributed by atoms with van der Waals surface area (Å²) in [5, 5.41) is 6.54. The molecule has 2 atom stereocenters. The number of rotatable bonds is 5. The molecule has 3 aromatic rings. The number of imide groups is 1. The fourth-order valence-electron chi connectivity index (χ4n) is 4.21. The first-order valence-electron chi connectivity index (χ1n) is 10.6. The Kier molecular flexibility index (Phi) is 5.45. The van der Waals surface area contributed by atoms with Gasteiger partial charge in [-0.3, -0.25) is 14.5 Å². The van der Waals surface area contributed by atoms with Gasteiger partial charge in [0.25, 0.3) is 0 Å². The molecule has 1 aliphatic heterocycles. The maximum absolute atomic E-state index is 13.2. The van der Waals surface area contributed by atoms with Crippen LogP contribution in [0.2, 0.25) is 0 Å². The Labute approximate surface area is 189 Å². The number of aromatic nitrogens is 1. The summed E-state index contributed by atoms with van der Waals surface area (Å²) in [6.07, 6.45) is 5.63. The zero-order valence-electron chi connectivity index (χ0n) is 17.3. The van der Waals surface area contributed by atoms with Crippen molar-refractivity contribution in [3.63, 3.8) is 0 Å². The average Bonchev–Trinajstić information content (AvgIpc) is 3.38. The molecule has 0 bridgehead atoms. The van der Waals surface area contributed by atoms with Crippen LogP contribution in [0.25, 0.3) is 10.2 Å². The Balaban J connectivity index is 1.32. The highest BCUT2D eigenvalue weighted by atomic mass is 32.1. The number of nitrogens with zero attached hydrogens (tertiary/aromatic N) is 2. The highest BCUT2D eigenvalue weighted by molar-refractivity contribution is 7.18. The summed E-state index contributed by atoms with van der Waals surface area (Å²) in [6.45, 7) is 0.201. The average molecular weight is 447 g/mol. The number of benzene rings is 2. The standard InChI is InChI=1S/C24H22N4O3S/c29-21-13-25-24(31)28(21)14-15-6-5-7-16(12-15)26-22(30)17-8-1-2-9-18(17)23-27-19-10-3-4-11-20(19)32-23/h1-7,10-12,17-18H,8-9,13-14H2,(H,25,31)(H,26,30). The Morgan fingerprint density at radius 1 is 1.12 bits per heavy atom. The van der Waals surface area contributed by atoms with Crippen molar-refractivity contribution in [2.45, 2.75) is 25.3 Å². The molecular formula is C24H22N4O3S. The second-order valence-electron chi connectivity index (χ2n) is 8.00. The van der Waals surface area contributed by atoms with Gasteiger partial charge in [0.2, 0.25) is 11.8 Å². The van der Waals surface area contributed by atoms with Crippen molar-refractivity contribution in [3.05, 3.63) is 71.3 Å². The van der Waals surface area contributed by atoms with Crippen molar-refractivity contribution in [2.75, 3.05) is 11.9 Å². The predicted molar refractivity (Wildman–Crippen MR) is 123 cm³/mol. The van der Waals surface area contributed by atoms with Gasteiger partial charge >= 0.3 is 6.03 Å². The summed E-state index contributed by atoms with van der Waals surface area (Å²) >= 11 is 1.65. The van der Waals surface area contributed by atoms with Crippen molar-refractivity contribution >= 4 is 45.1 Å². The van der Waals surface area contributed by atoms with Crippen LogP contribution in [0.3, 0.4) is 0 Å². The van der Waals surface area contributed by atoms with Crippen molar-refractivity contribution < 1.29 is 14.4 Å². The number of nitrogens with one attached hydrogen (secondary N) is 2. The lowest BCUT2D eigenvalue weighted by molar-refractivity contribution is -0.125. The summed E-state index contributed by atoms with van der Waals surface area (Å²) in [5.41, 5.74) is 2.39. The lowest BCUT2D eigenvalue weighted by Gasteiger charge is -2.26. The van der Waals surface area contributed by atoms with E-state index in [1.807, 2.05) is 42.5 Å². The first-order chi connectivity index (χ1) is 15.6. The summed E-state index contributed by atoms with van der Waals surface area (Å²) in [7, 11) is 0. The Morgan fingerprint density at radius 2 is 1.97 bits per heavy atom. The molecule has 1 fully saturated rings. The van der Waals surface area contributed by atoms with Gasteiger partial charge in [-0.25, -0.2) is 9.78 Å². The molecule has 0 radical (unpaired) electrons. The van der Waals surface area contributed by atoms with Gasteiger partial charge in [0.15, 0.2) is 0 Å². The number of allylic oxidation sites excluding steroid dienone is 2. The highest BCUT2D eigenvalue weighted by Crippen LogP contribution is 2.39. The van der Waals surface area contributed by atoms with Crippen LogP contribution >= 0.6 is 11.3 Å². The van der Waals surface area contributed by atoms with E-state index in [4.69, 9.17) is 4.98 Å². The SMILES string of the molecule is O=C(Nc1cccc(CN2C(=O)CNC2=O)c1)C1CC=CCC1c1nc2ccccc2s1. The van der Waals surface area contributed by atoms with Gasteiger partial charge in [-0.05, 0) is 42.7 Å². The van der Waals surface area contributed by atoms with Crippen LogP contribution in [0, 0.1) is 5.92 Å². The zero-order valence-corrected chi connectivity index (χ0v) is 18.1. The van der Waals surface area contributed by atoms with E-state index < -0.39 is 6.03 Å². The van der Waals surface area contributed by atoms with Crippen LogP contribution in [-0.2, 0) is 16.1 Å². The molecule has 8 heteroatoms. The highest BCUT2D eigenvalue weighted by Gasteiger charge is 2.32. The second kappa shape index (κ2) is 8.55. The number of thiazole rings is 1. The summed E-state index contributed by atoms with van der Waals surface area (Å²) in [6, 6.07) is 14.9. The molecule has 1 saturated heterocycles. The number of carbonyl (C=O) groups is 3. The Bertz CT molecular complexity index is 1190. The van der Waals surface area contributed by atoms with Gasteiger partial charge in [0.1, 0.15) is 0 Å². The molecule has 7 nitrogen and oxygen atoms in total. The van der Waals surface area contributed by atoms with Gasteiger partial charge in [0, 0.05) is 11.6 Å². The number of para-hydroxylation sites is 1. The van der Waals surface area contributed by atoms with Gasteiger partial charge in [-0.1, -0.05) is 36.4 Å². The van der Waals surface area contributed by atoms with Gasteiger partial charge in [-0.15, -0.1) is 11.3 Å². The third kappa shape index (κ3) is 4.01. The molecule has 1 aliphatic carbocycles. The maximum atomic E-state index is 13.2. The molecule has 2 N–H and O–H groups in total. The molecule has 0 saturated carbocycles. The third-order valence-corrected chi connectivity index (χ3v) is 7.04. The topological polar surface area (TPSA) is 91.4 Å². The minimum absolute atomic E-state index is 0.0254. The quantitative estimate of drug-likeness (QED) is 0.457. The van der Waals surface area contributed by atoms with Crippen LogP contribution in [-0.4, -0.2) is 34.3 Å². The monoisotopic (exact) mass is 446 g/mol. The molecule has 162 valence electrons. The molecule has 2 heterocycles. The van der Waals surface area contributed by atoms with Crippen LogP contribution < -0.4 is 10.6 Å². The number of anilines is 1. The van der Waals surface area contributed by atoms with E-state index in [9.17, 15) is 14.4 Å². The minimum atomic E-state index is -0.392. The largest absolute Gasteiger partial charge is 0.329 e. The maximum Gasteiger partial charge on any atom is 0.324 e. The number of fused-ring (bicyclic) bond motifs is 1. The van der Waals surface area contributed by atoms with E-state index in [-0.39, 0.29) is 36.7 Å². The van der Waals surface area contributed by atoms with E-state index >= 15 is 0 Å². The molecule has 5 rings (SSSR count). The van der Waals surface area contributed by atoms with E-state index in [2.05, 4.69) is 28.9 Å². The molecule has 4 amide bonds. The molecule has 32 heavy (non-hydrogen) atoms. The van der Waals surface area contributed by atoms with E-state index in [1.54, 1.807) is 11.3 Å². The van der Waals surface area contributed by atoms with Gasteiger partial charge in [-0.2, -0.15) is 0 Å². The predicted octanol–water partition coefficient (Wildman–Crippen LogP) is 4.04. The molecular weight excluding hydrogens is 424 g/mol. The summed E-state index contributed by atoms with van der Waals surface area (Å²) < 4.78 is 1.13. The number of amides is 4. The third-order valence-electron chi connectivity index (χ3n) is 5.87. The fourth-order valence-corrected chi connectivity index (χ4v) is 5.35. The first kappa shape index (κ1) is 20.4. The molecule has 0 spiro atoms. The lowest BCUT2D eigenvalue weighted by atomic mass is 9.82. The van der Waals surface area contributed by atoms with Gasteiger partial charge in [0.05, 0.1) is 34.2 Å². The summed E-state index contributed by atoms with van der Waals surface area (Å²) in [4.78, 5) is 42.9. The van der Waals surface area contributed by atoms with Crippen LogP contribution in [0.4, 0.5) is 10.5 Å². The van der Waals surface area contributed by atoms with Crippen molar-refractivity contribution in [2.24, 2.45) is 5.92 Å². The molecule has 2 unspecified atom stereocenters. The molecule has 2 aliphatic rings. The molecule has 1 aromatic heterocycles. The van der Waals surface area contributed by atoms with Crippen LogP contribution in [0.15, 0.2) is 60.7 Å². The van der Waals surface area contributed by atoms with E-state index in [1.165, 1.54) is 4.90 Å². The molecule has 2 aromatic carbocycles.